The molecule has 66 heavy (non-hydrogen) atoms. The van der Waals surface area contributed by atoms with Gasteiger partial charge in [-0.15, -0.1) is 0 Å². The van der Waals surface area contributed by atoms with E-state index in [1.807, 2.05) is 42.5 Å². The zero-order valence-electron chi connectivity index (χ0n) is 38.7. The van der Waals surface area contributed by atoms with Crippen LogP contribution in [0.1, 0.15) is 136 Å². The first-order valence-electron chi connectivity index (χ1n) is 23.2. The summed E-state index contributed by atoms with van der Waals surface area (Å²) < 4.78 is 49.2. The third-order valence-corrected chi connectivity index (χ3v) is 11.5. The van der Waals surface area contributed by atoms with E-state index in [1.165, 1.54) is 32.1 Å². The van der Waals surface area contributed by atoms with Gasteiger partial charge in [0.2, 0.25) is 0 Å². The SMILES string of the molecule is CCCCC/C=C\C/C=C\C/C=C\CCCCC(=O)O[C@H](COC(=O)CCC/C=C\C/C=C\C=C\[C@H](O)C/C=C\CCCCC)COP(=O)(O)O[C@H]1C(O)C(O)C(O)[C@@H](OP(=O)(O)O)C1O. The van der Waals surface area contributed by atoms with Crippen molar-refractivity contribution in [3.63, 3.8) is 0 Å². The number of phosphoric acid groups is 2. The Kier molecular flexibility index (Phi) is 34.4. The van der Waals surface area contributed by atoms with Gasteiger partial charge in [-0.2, -0.15) is 0 Å². The van der Waals surface area contributed by atoms with Crippen LogP contribution in [-0.4, -0.2) is 114 Å². The molecular formula is C47H78O17P2. The monoisotopic (exact) mass is 976 g/mol. The third kappa shape index (κ3) is 31.2. The van der Waals surface area contributed by atoms with Gasteiger partial charge >= 0.3 is 27.6 Å². The van der Waals surface area contributed by atoms with E-state index in [4.69, 9.17) is 28.3 Å². The van der Waals surface area contributed by atoms with Crippen molar-refractivity contribution in [3.05, 3.63) is 85.1 Å². The van der Waals surface area contributed by atoms with E-state index in [9.17, 15) is 49.1 Å². The second kappa shape index (κ2) is 37.1. The molecule has 0 spiro atoms. The topological polar surface area (TPSA) is 276 Å². The van der Waals surface area contributed by atoms with Gasteiger partial charge in [0.15, 0.2) is 6.10 Å². The summed E-state index contributed by atoms with van der Waals surface area (Å²) in [6.07, 6.45) is 27.2. The van der Waals surface area contributed by atoms with Gasteiger partial charge in [0.25, 0.3) is 0 Å². The highest BCUT2D eigenvalue weighted by Crippen LogP contribution is 2.49. The van der Waals surface area contributed by atoms with Crippen LogP contribution in [0, 0.1) is 0 Å². The van der Waals surface area contributed by atoms with Crippen molar-refractivity contribution >= 4 is 27.6 Å². The van der Waals surface area contributed by atoms with Crippen LogP contribution in [0.15, 0.2) is 85.1 Å². The molecule has 0 heterocycles. The maximum absolute atomic E-state index is 13.0. The molecule has 1 aliphatic carbocycles. The van der Waals surface area contributed by atoms with Crippen molar-refractivity contribution in [3.8, 4) is 0 Å². The number of carbonyl (C=O) groups excluding carboxylic acids is 2. The molecule has 0 aromatic carbocycles. The minimum Gasteiger partial charge on any atom is -0.462 e. The van der Waals surface area contributed by atoms with E-state index in [-0.39, 0.29) is 12.8 Å². The van der Waals surface area contributed by atoms with Gasteiger partial charge < -0.3 is 49.7 Å². The van der Waals surface area contributed by atoms with Crippen LogP contribution in [0.3, 0.4) is 0 Å². The fraction of sp³-hybridized carbons (Fsp3) is 0.660. The summed E-state index contributed by atoms with van der Waals surface area (Å²) in [6.45, 7) is 2.88. The molecule has 0 bridgehead atoms. The Morgan fingerprint density at radius 1 is 0.561 bits per heavy atom. The Morgan fingerprint density at radius 3 is 1.64 bits per heavy atom. The summed E-state index contributed by atoms with van der Waals surface area (Å²) in [5.74, 6) is -1.36. The Balaban J connectivity index is 2.71. The number of ether oxygens (including phenoxy) is 2. The summed E-state index contributed by atoms with van der Waals surface area (Å²) in [5.41, 5.74) is 0. The highest BCUT2D eigenvalue weighted by atomic mass is 31.2. The summed E-state index contributed by atoms with van der Waals surface area (Å²) in [5, 5.41) is 51.3. The number of phosphoric ester groups is 2. The van der Waals surface area contributed by atoms with Crippen molar-refractivity contribution in [2.75, 3.05) is 13.2 Å². The Morgan fingerprint density at radius 2 is 1.06 bits per heavy atom. The molecule has 0 amide bonds. The number of hydrogen-bond donors (Lipinski definition) is 8. The lowest BCUT2D eigenvalue weighted by Crippen LogP contribution is -2.64. The predicted molar refractivity (Wildman–Crippen MR) is 251 cm³/mol. The Bertz CT molecular complexity index is 1620. The maximum Gasteiger partial charge on any atom is 0.472 e. The van der Waals surface area contributed by atoms with Crippen molar-refractivity contribution < 1.29 is 82.0 Å². The van der Waals surface area contributed by atoms with Gasteiger partial charge in [-0.25, -0.2) is 9.13 Å². The number of allylic oxidation sites excluding steroid dienone is 12. The van der Waals surface area contributed by atoms with Crippen molar-refractivity contribution in [1.82, 2.24) is 0 Å². The highest BCUT2D eigenvalue weighted by Gasteiger charge is 2.54. The van der Waals surface area contributed by atoms with Crippen LogP contribution in [0.2, 0.25) is 0 Å². The van der Waals surface area contributed by atoms with Gasteiger partial charge in [-0.3, -0.25) is 23.2 Å². The predicted octanol–water partition coefficient (Wildman–Crippen LogP) is 7.58. The van der Waals surface area contributed by atoms with Crippen molar-refractivity contribution in [2.45, 2.75) is 185 Å². The molecule has 19 heteroatoms. The maximum atomic E-state index is 13.0. The molecule has 0 radical (unpaired) electrons. The lowest BCUT2D eigenvalue weighted by molar-refractivity contribution is -0.216. The third-order valence-electron chi connectivity index (χ3n) is 10.0. The highest BCUT2D eigenvalue weighted by molar-refractivity contribution is 7.47. The molecule has 17 nitrogen and oxygen atoms in total. The Hall–Kier alpha value is -2.86. The van der Waals surface area contributed by atoms with Crippen LogP contribution < -0.4 is 0 Å². The lowest BCUT2D eigenvalue weighted by atomic mass is 9.85. The quantitative estimate of drug-likeness (QED) is 0.00979. The minimum absolute atomic E-state index is 0.0000502. The molecule has 0 aromatic heterocycles. The largest absolute Gasteiger partial charge is 0.472 e. The van der Waals surface area contributed by atoms with Gasteiger partial charge in [0.05, 0.1) is 12.7 Å². The van der Waals surface area contributed by atoms with E-state index in [1.54, 1.807) is 12.2 Å². The first-order valence-corrected chi connectivity index (χ1v) is 26.3. The molecule has 8 N–H and O–H groups in total. The molecule has 1 fully saturated rings. The molecule has 0 aliphatic heterocycles. The minimum atomic E-state index is -5.38. The number of esters is 2. The number of rotatable bonds is 37. The summed E-state index contributed by atoms with van der Waals surface area (Å²) in [7, 11) is -10.7. The summed E-state index contributed by atoms with van der Waals surface area (Å²) in [6, 6.07) is 0. The van der Waals surface area contributed by atoms with E-state index < -0.39 is 89.6 Å². The first kappa shape index (κ1) is 61.2. The van der Waals surface area contributed by atoms with Crippen LogP contribution >= 0.6 is 15.6 Å². The molecule has 0 saturated heterocycles. The lowest BCUT2D eigenvalue weighted by Gasteiger charge is -2.43. The molecule has 1 aliphatic rings. The van der Waals surface area contributed by atoms with E-state index in [0.717, 1.165) is 32.1 Å². The molecule has 9 atom stereocenters. The summed E-state index contributed by atoms with van der Waals surface area (Å²) >= 11 is 0. The van der Waals surface area contributed by atoms with Crippen LogP contribution in [-0.2, 0) is 41.8 Å². The standard InChI is InChI=1S/C47H78O17P2/c1-3-5-7-9-11-12-13-14-15-16-17-18-23-27-31-35-41(50)62-39(37-61-66(58,59)64-47-44(53)42(51)43(52)46(45(47)54)63-65(55,56)57)36-60-40(49)34-30-26-22-20-19-21-25-29-33-38(48)32-28-24-10-8-6-4-2/h11-12,14-15,17-18,20-22,24-25,28-29,33,38-39,42-48,51-54H,3-10,13,16,19,23,26-27,30-32,34-37H2,1-2H3,(H,58,59)(H2,55,56,57)/b12-11-,15-14-,18-17-,22-20-,25-21-,28-24-,33-29+/t38-,39-,42?,43?,44?,45?,46-,47+/m1/s1. The van der Waals surface area contributed by atoms with Gasteiger partial charge in [-0.05, 0) is 83.5 Å². The number of aliphatic hydroxyl groups is 5. The fourth-order valence-electron chi connectivity index (χ4n) is 6.34. The number of carbonyl (C=O) groups is 2. The van der Waals surface area contributed by atoms with E-state index in [0.29, 0.717) is 44.9 Å². The van der Waals surface area contributed by atoms with Crippen molar-refractivity contribution in [2.24, 2.45) is 0 Å². The molecule has 378 valence electrons. The zero-order valence-corrected chi connectivity index (χ0v) is 40.5. The number of unbranched alkanes of at least 4 members (excludes halogenated alkanes) is 9. The average molecular weight is 977 g/mol. The molecule has 5 unspecified atom stereocenters. The summed E-state index contributed by atoms with van der Waals surface area (Å²) in [4.78, 5) is 54.2. The van der Waals surface area contributed by atoms with E-state index in [2.05, 4.69) is 48.8 Å². The second-order valence-corrected chi connectivity index (χ2v) is 18.6. The van der Waals surface area contributed by atoms with E-state index >= 15 is 0 Å². The van der Waals surface area contributed by atoms with Gasteiger partial charge in [0, 0.05) is 12.8 Å². The van der Waals surface area contributed by atoms with Gasteiger partial charge in [0.1, 0.15) is 43.2 Å². The van der Waals surface area contributed by atoms with Crippen LogP contribution in [0.25, 0.3) is 0 Å². The van der Waals surface area contributed by atoms with Crippen molar-refractivity contribution in [1.29, 1.82) is 0 Å². The Labute approximate surface area is 391 Å². The zero-order chi connectivity index (χ0) is 49.1. The second-order valence-electron chi connectivity index (χ2n) is 16.0. The molecule has 1 rings (SSSR count). The van der Waals surface area contributed by atoms with Gasteiger partial charge in [-0.1, -0.05) is 125 Å². The number of hydrogen-bond acceptors (Lipinski definition) is 14. The van der Waals surface area contributed by atoms with Crippen LogP contribution in [0.4, 0.5) is 0 Å². The smallest absolute Gasteiger partial charge is 0.462 e. The average Bonchev–Trinajstić information content (AvgIpc) is 3.27. The van der Waals surface area contributed by atoms with Crippen LogP contribution in [0.5, 0.6) is 0 Å². The fourth-order valence-corrected chi connectivity index (χ4v) is 7.88. The first-order chi connectivity index (χ1) is 31.5. The molecule has 1 saturated carbocycles. The molecular weight excluding hydrogens is 898 g/mol. The number of aliphatic hydroxyl groups excluding tert-OH is 5. The normalized spacial score (nSPS) is 22.8. The molecule has 0 aromatic rings.